The van der Waals surface area contributed by atoms with Crippen LogP contribution in [0.15, 0.2) is 0 Å². The first kappa shape index (κ1) is 12.4. The van der Waals surface area contributed by atoms with E-state index in [0.29, 0.717) is 24.6 Å². The van der Waals surface area contributed by atoms with Crippen molar-refractivity contribution >= 4 is 5.91 Å². The molecule has 1 aliphatic carbocycles. The molecule has 3 atom stereocenters. The highest BCUT2D eigenvalue weighted by Crippen LogP contribution is 2.37. The molecule has 2 heterocycles. The number of hydrogen-bond donors (Lipinski definition) is 1. The minimum atomic E-state index is 0.210. The number of amides is 1. The van der Waals surface area contributed by atoms with E-state index in [9.17, 15) is 4.79 Å². The van der Waals surface area contributed by atoms with Gasteiger partial charge < -0.3 is 10.1 Å². The fourth-order valence-electron chi connectivity index (χ4n) is 3.28. The van der Waals surface area contributed by atoms with E-state index >= 15 is 0 Å². The number of ether oxygens (including phenoxy) is 1. The lowest BCUT2D eigenvalue weighted by atomic mass is 10.1. The summed E-state index contributed by atoms with van der Waals surface area (Å²) in [5, 5.41) is 3.16. The molecule has 0 bridgehead atoms. The first-order valence-electron chi connectivity index (χ1n) is 7.41. The van der Waals surface area contributed by atoms with Gasteiger partial charge in [-0.2, -0.15) is 0 Å². The summed E-state index contributed by atoms with van der Waals surface area (Å²) in [6.07, 6.45) is 5.80. The maximum Gasteiger partial charge on any atom is 0.220 e. The zero-order valence-corrected chi connectivity index (χ0v) is 11.2. The summed E-state index contributed by atoms with van der Waals surface area (Å²) < 4.78 is 5.96. The molecular formula is C14H24N2O2. The van der Waals surface area contributed by atoms with Crippen molar-refractivity contribution in [2.75, 3.05) is 19.7 Å². The Labute approximate surface area is 109 Å². The molecule has 0 aromatic carbocycles. The molecule has 2 aliphatic heterocycles. The predicted molar refractivity (Wildman–Crippen MR) is 69.3 cm³/mol. The molecule has 1 amide bonds. The molecule has 1 N–H and O–H groups in total. The molecule has 2 saturated heterocycles. The fraction of sp³-hybridized carbons (Fsp3) is 0.929. The van der Waals surface area contributed by atoms with Crippen LogP contribution in [0.2, 0.25) is 0 Å². The first-order chi connectivity index (χ1) is 8.76. The standard InChI is InChI=1S/C14H24N2O2/c1-2-3-14(17)15-11-6-12-9-18-13(10-4-5-10)8-16(12)7-11/h10-13H,2-9H2,1H3,(H,15,17)/t11-,12-,13+/m0/s1. The highest BCUT2D eigenvalue weighted by Gasteiger charge is 2.42. The summed E-state index contributed by atoms with van der Waals surface area (Å²) in [5.41, 5.74) is 0. The Kier molecular flexibility index (Phi) is 3.57. The second-order valence-electron chi connectivity index (χ2n) is 6.07. The summed E-state index contributed by atoms with van der Waals surface area (Å²) >= 11 is 0. The molecule has 0 radical (unpaired) electrons. The molecule has 18 heavy (non-hydrogen) atoms. The lowest BCUT2D eigenvalue weighted by Crippen LogP contribution is -2.47. The lowest BCUT2D eigenvalue weighted by Gasteiger charge is -2.35. The summed E-state index contributed by atoms with van der Waals surface area (Å²) in [5.74, 6) is 1.03. The molecule has 0 spiro atoms. The van der Waals surface area contributed by atoms with Crippen LogP contribution in [0.25, 0.3) is 0 Å². The van der Waals surface area contributed by atoms with Crippen LogP contribution in [-0.4, -0.2) is 48.7 Å². The number of nitrogens with zero attached hydrogens (tertiary/aromatic N) is 1. The number of rotatable bonds is 4. The molecule has 3 rings (SSSR count). The highest BCUT2D eigenvalue weighted by molar-refractivity contribution is 5.76. The van der Waals surface area contributed by atoms with Gasteiger partial charge in [-0.15, -0.1) is 0 Å². The number of carbonyl (C=O) groups is 1. The Balaban J connectivity index is 1.49. The van der Waals surface area contributed by atoms with Crippen molar-refractivity contribution in [2.24, 2.45) is 5.92 Å². The van der Waals surface area contributed by atoms with Crippen molar-refractivity contribution < 1.29 is 9.53 Å². The minimum absolute atomic E-state index is 0.210. The maximum atomic E-state index is 11.6. The molecule has 4 heteroatoms. The van der Waals surface area contributed by atoms with E-state index in [4.69, 9.17) is 4.74 Å². The molecule has 4 nitrogen and oxygen atoms in total. The number of morpholine rings is 1. The van der Waals surface area contributed by atoms with Crippen molar-refractivity contribution in [3.05, 3.63) is 0 Å². The summed E-state index contributed by atoms with van der Waals surface area (Å²) in [6, 6.07) is 0.877. The fourth-order valence-corrected chi connectivity index (χ4v) is 3.28. The van der Waals surface area contributed by atoms with Crippen LogP contribution in [0, 0.1) is 5.92 Å². The van der Waals surface area contributed by atoms with Crippen LogP contribution in [0.4, 0.5) is 0 Å². The van der Waals surface area contributed by atoms with Gasteiger partial charge in [-0.25, -0.2) is 0 Å². The van der Waals surface area contributed by atoms with E-state index in [1.54, 1.807) is 0 Å². The van der Waals surface area contributed by atoms with E-state index in [0.717, 1.165) is 38.5 Å². The summed E-state index contributed by atoms with van der Waals surface area (Å²) in [4.78, 5) is 14.2. The lowest BCUT2D eigenvalue weighted by molar-refractivity contribution is -0.121. The van der Waals surface area contributed by atoms with Crippen LogP contribution in [0.1, 0.15) is 39.0 Å². The zero-order chi connectivity index (χ0) is 12.5. The maximum absolute atomic E-state index is 11.6. The van der Waals surface area contributed by atoms with E-state index in [1.165, 1.54) is 12.8 Å². The third-order valence-electron chi connectivity index (χ3n) is 4.43. The van der Waals surface area contributed by atoms with Crippen LogP contribution in [0.3, 0.4) is 0 Å². The van der Waals surface area contributed by atoms with E-state index in [-0.39, 0.29) is 5.91 Å². The monoisotopic (exact) mass is 252 g/mol. The zero-order valence-electron chi connectivity index (χ0n) is 11.2. The second-order valence-corrected chi connectivity index (χ2v) is 6.07. The van der Waals surface area contributed by atoms with Gasteiger partial charge in [-0.05, 0) is 31.6 Å². The van der Waals surface area contributed by atoms with Gasteiger partial charge in [0.05, 0.1) is 12.7 Å². The number of carbonyl (C=O) groups excluding carboxylic acids is 1. The van der Waals surface area contributed by atoms with Gasteiger partial charge in [0.25, 0.3) is 0 Å². The Morgan fingerprint density at radius 3 is 2.94 bits per heavy atom. The SMILES string of the molecule is CCCC(=O)N[C@H]1C[C@H]2CO[C@@H](C3CC3)CN2C1. The Morgan fingerprint density at radius 1 is 1.39 bits per heavy atom. The molecule has 3 aliphatic rings. The third kappa shape index (κ3) is 2.69. The Bertz CT molecular complexity index is 317. The average Bonchev–Trinajstić information content (AvgIpc) is 3.10. The van der Waals surface area contributed by atoms with Crippen LogP contribution in [-0.2, 0) is 9.53 Å². The number of fused-ring (bicyclic) bond motifs is 1. The quantitative estimate of drug-likeness (QED) is 0.816. The van der Waals surface area contributed by atoms with Gasteiger partial charge in [0.15, 0.2) is 0 Å². The van der Waals surface area contributed by atoms with E-state index in [1.807, 2.05) is 6.92 Å². The van der Waals surface area contributed by atoms with Crippen molar-refractivity contribution in [3.63, 3.8) is 0 Å². The molecule has 0 unspecified atom stereocenters. The highest BCUT2D eigenvalue weighted by atomic mass is 16.5. The Morgan fingerprint density at radius 2 is 2.22 bits per heavy atom. The summed E-state index contributed by atoms with van der Waals surface area (Å²) in [7, 11) is 0. The molecule has 0 aromatic rings. The van der Waals surface area contributed by atoms with Crippen molar-refractivity contribution in [1.82, 2.24) is 10.2 Å². The van der Waals surface area contributed by atoms with E-state index in [2.05, 4.69) is 10.2 Å². The van der Waals surface area contributed by atoms with Gasteiger partial charge in [0, 0.05) is 31.6 Å². The number of nitrogens with one attached hydrogen (secondary N) is 1. The molecular weight excluding hydrogens is 228 g/mol. The van der Waals surface area contributed by atoms with Crippen LogP contribution in [0.5, 0.6) is 0 Å². The average molecular weight is 252 g/mol. The van der Waals surface area contributed by atoms with Gasteiger partial charge in [-0.1, -0.05) is 6.92 Å². The second kappa shape index (κ2) is 5.17. The van der Waals surface area contributed by atoms with Crippen molar-refractivity contribution in [1.29, 1.82) is 0 Å². The minimum Gasteiger partial charge on any atom is -0.375 e. The van der Waals surface area contributed by atoms with Gasteiger partial charge in [0.1, 0.15) is 0 Å². The molecule has 1 saturated carbocycles. The predicted octanol–water partition coefficient (Wildman–Crippen LogP) is 1.15. The molecule has 102 valence electrons. The number of hydrogen-bond acceptors (Lipinski definition) is 3. The van der Waals surface area contributed by atoms with Gasteiger partial charge in [0.2, 0.25) is 5.91 Å². The van der Waals surface area contributed by atoms with E-state index < -0.39 is 0 Å². The summed E-state index contributed by atoms with van der Waals surface area (Å²) in [6.45, 7) is 5.01. The smallest absolute Gasteiger partial charge is 0.220 e. The molecule has 3 fully saturated rings. The van der Waals surface area contributed by atoms with Gasteiger partial charge >= 0.3 is 0 Å². The third-order valence-corrected chi connectivity index (χ3v) is 4.43. The van der Waals surface area contributed by atoms with Crippen molar-refractivity contribution in [2.45, 2.75) is 57.2 Å². The van der Waals surface area contributed by atoms with Crippen molar-refractivity contribution in [3.8, 4) is 0 Å². The molecule has 0 aromatic heterocycles. The Hall–Kier alpha value is -0.610. The largest absolute Gasteiger partial charge is 0.375 e. The van der Waals surface area contributed by atoms with Crippen LogP contribution < -0.4 is 5.32 Å². The van der Waals surface area contributed by atoms with Gasteiger partial charge in [-0.3, -0.25) is 9.69 Å². The van der Waals surface area contributed by atoms with Crippen LogP contribution >= 0.6 is 0 Å². The topological polar surface area (TPSA) is 41.6 Å². The first-order valence-corrected chi connectivity index (χ1v) is 7.41. The normalized spacial score (nSPS) is 36.4.